The second-order valence-electron chi connectivity index (χ2n) is 7.47. The van der Waals surface area contributed by atoms with Gasteiger partial charge in [-0.15, -0.1) is 0 Å². The SMILES string of the molecule is CCC(C)NC(=O)c1ccc(NCC(=O)Nc2ccc(C(=O)NC(C)C)cc2)cc1. The number of anilines is 2. The summed E-state index contributed by atoms with van der Waals surface area (Å²) in [6.07, 6.45) is 0.869. The van der Waals surface area contributed by atoms with Crippen LogP contribution >= 0.6 is 0 Å². The Bertz CT molecular complexity index is 861. The molecular formula is C23H30N4O3. The lowest BCUT2D eigenvalue weighted by atomic mass is 10.1. The van der Waals surface area contributed by atoms with E-state index in [9.17, 15) is 14.4 Å². The van der Waals surface area contributed by atoms with Gasteiger partial charge in [-0.25, -0.2) is 0 Å². The highest BCUT2D eigenvalue weighted by atomic mass is 16.2. The summed E-state index contributed by atoms with van der Waals surface area (Å²) in [5.41, 5.74) is 2.47. The minimum Gasteiger partial charge on any atom is -0.376 e. The number of nitrogens with one attached hydrogen (secondary N) is 4. The molecule has 0 aliphatic heterocycles. The molecule has 160 valence electrons. The monoisotopic (exact) mass is 410 g/mol. The maximum absolute atomic E-state index is 12.2. The summed E-state index contributed by atoms with van der Waals surface area (Å²) in [6.45, 7) is 7.85. The van der Waals surface area contributed by atoms with E-state index in [-0.39, 0.29) is 36.3 Å². The molecule has 30 heavy (non-hydrogen) atoms. The number of benzene rings is 2. The smallest absolute Gasteiger partial charge is 0.251 e. The molecule has 3 amide bonds. The summed E-state index contributed by atoms with van der Waals surface area (Å²) in [4.78, 5) is 36.2. The first kappa shape index (κ1) is 22.9. The van der Waals surface area contributed by atoms with E-state index >= 15 is 0 Å². The topological polar surface area (TPSA) is 99.3 Å². The number of carbonyl (C=O) groups is 3. The summed E-state index contributed by atoms with van der Waals surface area (Å²) in [5.74, 6) is -0.474. The van der Waals surface area contributed by atoms with Gasteiger partial charge in [0.2, 0.25) is 5.91 Å². The maximum Gasteiger partial charge on any atom is 0.251 e. The van der Waals surface area contributed by atoms with Crippen molar-refractivity contribution in [1.29, 1.82) is 0 Å². The molecule has 0 heterocycles. The second-order valence-corrected chi connectivity index (χ2v) is 7.47. The molecule has 7 nitrogen and oxygen atoms in total. The highest BCUT2D eigenvalue weighted by Crippen LogP contribution is 2.12. The van der Waals surface area contributed by atoms with Crippen molar-refractivity contribution < 1.29 is 14.4 Å². The van der Waals surface area contributed by atoms with Gasteiger partial charge in [0.15, 0.2) is 0 Å². The summed E-state index contributed by atoms with van der Waals surface area (Å²) in [7, 11) is 0. The van der Waals surface area contributed by atoms with Gasteiger partial charge in [0.1, 0.15) is 0 Å². The van der Waals surface area contributed by atoms with Crippen molar-refractivity contribution in [3.05, 3.63) is 59.7 Å². The average molecular weight is 411 g/mol. The van der Waals surface area contributed by atoms with E-state index in [4.69, 9.17) is 0 Å². The first-order valence-corrected chi connectivity index (χ1v) is 10.1. The number of rotatable bonds is 9. The zero-order valence-electron chi connectivity index (χ0n) is 17.9. The third kappa shape index (κ3) is 7.24. The molecule has 1 unspecified atom stereocenters. The first-order valence-electron chi connectivity index (χ1n) is 10.1. The zero-order valence-corrected chi connectivity index (χ0v) is 17.9. The molecular weight excluding hydrogens is 380 g/mol. The Kier molecular flexibility index (Phi) is 8.41. The van der Waals surface area contributed by atoms with Crippen LogP contribution in [0.3, 0.4) is 0 Å². The van der Waals surface area contributed by atoms with Gasteiger partial charge in [-0.3, -0.25) is 14.4 Å². The van der Waals surface area contributed by atoms with Crippen molar-refractivity contribution in [1.82, 2.24) is 10.6 Å². The Morgan fingerprint density at radius 3 is 1.77 bits per heavy atom. The van der Waals surface area contributed by atoms with Gasteiger partial charge in [-0.05, 0) is 75.7 Å². The molecule has 0 radical (unpaired) electrons. The minimum atomic E-state index is -0.215. The molecule has 0 fully saturated rings. The van der Waals surface area contributed by atoms with E-state index in [2.05, 4.69) is 21.3 Å². The Hall–Kier alpha value is -3.35. The first-order chi connectivity index (χ1) is 14.3. The molecule has 0 aromatic heterocycles. The Morgan fingerprint density at radius 1 is 0.767 bits per heavy atom. The molecule has 1 atom stereocenters. The van der Waals surface area contributed by atoms with Crippen molar-refractivity contribution in [2.75, 3.05) is 17.2 Å². The predicted molar refractivity (Wildman–Crippen MR) is 120 cm³/mol. The lowest BCUT2D eigenvalue weighted by Gasteiger charge is -2.12. The van der Waals surface area contributed by atoms with E-state index in [1.54, 1.807) is 48.5 Å². The molecule has 0 saturated carbocycles. The fourth-order valence-corrected chi connectivity index (χ4v) is 2.59. The zero-order chi connectivity index (χ0) is 22.1. The predicted octanol–water partition coefficient (Wildman–Crippen LogP) is 3.40. The van der Waals surface area contributed by atoms with Crippen LogP contribution < -0.4 is 21.3 Å². The Morgan fingerprint density at radius 2 is 1.27 bits per heavy atom. The Balaban J connectivity index is 1.83. The molecule has 0 saturated heterocycles. The van der Waals surface area contributed by atoms with E-state index in [0.29, 0.717) is 16.8 Å². The van der Waals surface area contributed by atoms with Crippen LogP contribution in [0.25, 0.3) is 0 Å². The quantitative estimate of drug-likeness (QED) is 0.509. The third-order valence-electron chi connectivity index (χ3n) is 4.44. The van der Waals surface area contributed by atoms with Gasteiger partial charge in [0.05, 0.1) is 6.54 Å². The third-order valence-corrected chi connectivity index (χ3v) is 4.44. The lowest BCUT2D eigenvalue weighted by molar-refractivity contribution is -0.114. The molecule has 2 aromatic carbocycles. The summed E-state index contributed by atoms with van der Waals surface area (Å²) in [5, 5.41) is 11.5. The molecule has 2 aromatic rings. The molecule has 7 heteroatoms. The van der Waals surface area contributed by atoms with Crippen molar-refractivity contribution in [3.63, 3.8) is 0 Å². The lowest BCUT2D eigenvalue weighted by Crippen LogP contribution is -2.31. The van der Waals surface area contributed by atoms with Gasteiger partial charge in [0.25, 0.3) is 11.8 Å². The van der Waals surface area contributed by atoms with Gasteiger partial charge in [-0.1, -0.05) is 6.92 Å². The van der Waals surface area contributed by atoms with E-state index in [1.807, 2.05) is 27.7 Å². The summed E-state index contributed by atoms with van der Waals surface area (Å²) in [6, 6.07) is 13.9. The summed E-state index contributed by atoms with van der Waals surface area (Å²) >= 11 is 0. The van der Waals surface area contributed by atoms with Crippen LogP contribution in [0.1, 0.15) is 54.8 Å². The van der Waals surface area contributed by atoms with Crippen LogP contribution in [0, 0.1) is 0 Å². The van der Waals surface area contributed by atoms with Crippen LogP contribution in [-0.2, 0) is 4.79 Å². The molecule has 0 spiro atoms. The maximum atomic E-state index is 12.2. The Labute approximate surface area is 177 Å². The molecule has 0 aliphatic rings. The number of carbonyl (C=O) groups excluding carboxylic acids is 3. The van der Waals surface area contributed by atoms with Crippen molar-refractivity contribution in [2.24, 2.45) is 0 Å². The van der Waals surface area contributed by atoms with Gasteiger partial charge >= 0.3 is 0 Å². The minimum absolute atomic E-state index is 0.0614. The van der Waals surface area contributed by atoms with Gasteiger partial charge in [0, 0.05) is 34.6 Å². The highest BCUT2D eigenvalue weighted by Gasteiger charge is 2.09. The van der Waals surface area contributed by atoms with Crippen LogP contribution in [0.15, 0.2) is 48.5 Å². The highest BCUT2D eigenvalue weighted by molar-refractivity contribution is 5.97. The fraction of sp³-hybridized carbons (Fsp3) is 0.348. The largest absolute Gasteiger partial charge is 0.376 e. The molecule has 4 N–H and O–H groups in total. The number of hydrogen-bond acceptors (Lipinski definition) is 4. The van der Waals surface area contributed by atoms with Crippen LogP contribution in [0.2, 0.25) is 0 Å². The van der Waals surface area contributed by atoms with E-state index < -0.39 is 0 Å². The van der Waals surface area contributed by atoms with Crippen molar-refractivity contribution in [3.8, 4) is 0 Å². The van der Waals surface area contributed by atoms with Crippen LogP contribution in [-0.4, -0.2) is 36.3 Å². The second kappa shape index (κ2) is 11.0. The normalized spacial score (nSPS) is 11.5. The van der Waals surface area contributed by atoms with Crippen LogP contribution in [0.4, 0.5) is 11.4 Å². The summed E-state index contributed by atoms with van der Waals surface area (Å²) < 4.78 is 0. The molecule has 0 bridgehead atoms. The van der Waals surface area contributed by atoms with Crippen molar-refractivity contribution >= 4 is 29.1 Å². The number of amides is 3. The molecule has 0 aliphatic carbocycles. The fourth-order valence-electron chi connectivity index (χ4n) is 2.59. The number of hydrogen-bond donors (Lipinski definition) is 4. The standard InChI is InChI=1S/C23H30N4O3/c1-5-16(4)26-23(30)18-6-10-19(11-7-18)24-14-21(28)27-20-12-8-17(9-13-20)22(29)25-15(2)3/h6-13,15-16,24H,5,14H2,1-4H3,(H,25,29)(H,26,30)(H,27,28). The molecule has 2 rings (SSSR count). The van der Waals surface area contributed by atoms with Gasteiger partial charge < -0.3 is 21.3 Å². The van der Waals surface area contributed by atoms with E-state index in [1.165, 1.54) is 0 Å². The van der Waals surface area contributed by atoms with Crippen molar-refractivity contribution in [2.45, 2.75) is 46.2 Å². The average Bonchev–Trinajstić information content (AvgIpc) is 2.72. The van der Waals surface area contributed by atoms with Gasteiger partial charge in [-0.2, -0.15) is 0 Å². The van der Waals surface area contributed by atoms with E-state index in [0.717, 1.165) is 12.1 Å². The van der Waals surface area contributed by atoms with Crippen LogP contribution in [0.5, 0.6) is 0 Å².